The van der Waals surface area contributed by atoms with Crippen molar-refractivity contribution >= 4 is 23.1 Å². The van der Waals surface area contributed by atoms with Crippen LogP contribution in [0.2, 0.25) is 0 Å². The number of para-hydroxylation sites is 1. The first-order valence-electron chi connectivity index (χ1n) is 5.92. The number of fused-ring (bicyclic) bond motifs is 1. The molecule has 0 N–H and O–H groups in total. The molecule has 1 radical (unpaired) electrons. The van der Waals surface area contributed by atoms with Gasteiger partial charge >= 0.3 is 0 Å². The average molecular weight is 230 g/mol. The number of hydrogen-bond acceptors (Lipinski definition) is 1. The Hall–Kier alpha value is -2.41. The fraction of sp³-hybridized carbons (Fsp3) is 0. The van der Waals surface area contributed by atoms with E-state index in [0.717, 1.165) is 16.8 Å². The van der Waals surface area contributed by atoms with Gasteiger partial charge in [-0.1, -0.05) is 54.6 Å². The molecule has 0 bridgehead atoms. The molecular formula is C17H12N. The summed E-state index contributed by atoms with van der Waals surface area (Å²) in [5.41, 5.74) is 3.16. The van der Waals surface area contributed by atoms with Crippen LogP contribution >= 0.6 is 0 Å². The van der Waals surface area contributed by atoms with Gasteiger partial charge in [-0.2, -0.15) is 0 Å². The van der Waals surface area contributed by atoms with E-state index in [1.807, 2.05) is 54.6 Å². The number of aromatic nitrogens is 1. The zero-order valence-corrected chi connectivity index (χ0v) is 9.88. The first kappa shape index (κ1) is 10.7. The van der Waals surface area contributed by atoms with Crippen molar-refractivity contribution < 1.29 is 0 Å². The van der Waals surface area contributed by atoms with Crippen molar-refractivity contribution in [3.05, 3.63) is 78.0 Å². The van der Waals surface area contributed by atoms with Crippen LogP contribution in [0.3, 0.4) is 0 Å². The number of hydrogen-bond donors (Lipinski definition) is 0. The lowest BCUT2D eigenvalue weighted by atomic mass is 10.1. The van der Waals surface area contributed by atoms with Crippen LogP contribution in [0, 0.1) is 6.07 Å². The molecule has 0 saturated carbocycles. The monoisotopic (exact) mass is 230 g/mol. The Morgan fingerprint density at radius 3 is 2.56 bits per heavy atom. The Balaban J connectivity index is 1.93. The van der Waals surface area contributed by atoms with Crippen molar-refractivity contribution in [3.63, 3.8) is 0 Å². The number of benzene rings is 2. The van der Waals surface area contributed by atoms with E-state index < -0.39 is 0 Å². The molecule has 1 heteroatoms. The fourth-order valence-corrected chi connectivity index (χ4v) is 1.87. The van der Waals surface area contributed by atoms with E-state index in [0.29, 0.717) is 0 Å². The van der Waals surface area contributed by atoms with E-state index in [1.165, 1.54) is 5.39 Å². The third-order valence-electron chi connectivity index (χ3n) is 2.81. The fourth-order valence-electron chi connectivity index (χ4n) is 1.87. The van der Waals surface area contributed by atoms with Gasteiger partial charge in [-0.05, 0) is 29.8 Å². The molecule has 0 aliphatic carbocycles. The highest BCUT2D eigenvalue weighted by Crippen LogP contribution is 2.13. The molecule has 85 valence electrons. The molecule has 0 saturated heterocycles. The van der Waals surface area contributed by atoms with Crippen LogP contribution in [-0.4, -0.2) is 4.98 Å². The lowest BCUT2D eigenvalue weighted by Crippen LogP contribution is -1.82. The lowest BCUT2D eigenvalue weighted by Gasteiger charge is -1.98. The summed E-state index contributed by atoms with van der Waals surface area (Å²) >= 11 is 0. The van der Waals surface area contributed by atoms with E-state index in [9.17, 15) is 0 Å². The van der Waals surface area contributed by atoms with Crippen LogP contribution in [0.5, 0.6) is 0 Å². The third-order valence-corrected chi connectivity index (χ3v) is 2.81. The molecule has 1 aromatic heterocycles. The number of nitrogens with zero attached hydrogens (tertiary/aromatic N) is 1. The summed E-state index contributed by atoms with van der Waals surface area (Å²) in [6, 6.07) is 23.2. The summed E-state index contributed by atoms with van der Waals surface area (Å²) in [4.78, 5) is 4.60. The van der Waals surface area contributed by atoms with E-state index in [4.69, 9.17) is 0 Å². The standard InChI is InChI=1S/C17H12N/c1-2-6-14(7-3-1)10-12-16-13-11-15-8-4-5-9-17(15)18-16/h2-13H. The Labute approximate surface area is 106 Å². The molecule has 0 aliphatic rings. The van der Waals surface area contributed by atoms with Gasteiger partial charge in [0.2, 0.25) is 0 Å². The summed E-state index contributed by atoms with van der Waals surface area (Å²) < 4.78 is 0. The van der Waals surface area contributed by atoms with E-state index in [-0.39, 0.29) is 0 Å². The molecule has 0 fully saturated rings. The molecular weight excluding hydrogens is 218 g/mol. The van der Waals surface area contributed by atoms with Gasteiger partial charge in [0.05, 0.1) is 11.2 Å². The van der Waals surface area contributed by atoms with Crippen LogP contribution in [0.4, 0.5) is 0 Å². The van der Waals surface area contributed by atoms with Crippen molar-refractivity contribution in [2.75, 3.05) is 0 Å². The van der Waals surface area contributed by atoms with Crippen LogP contribution in [0.1, 0.15) is 11.3 Å². The zero-order valence-electron chi connectivity index (χ0n) is 9.88. The molecule has 0 aliphatic heterocycles. The quantitative estimate of drug-likeness (QED) is 0.642. The maximum absolute atomic E-state index is 4.60. The van der Waals surface area contributed by atoms with Crippen molar-refractivity contribution in [1.82, 2.24) is 4.98 Å². The summed E-state index contributed by atoms with van der Waals surface area (Å²) in [7, 11) is 0. The molecule has 3 rings (SSSR count). The zero-order chi connectivity index (χ0) is 12.2. The minimum absolute atomic E-state index is 0.974. The molecule has 0 unspecified atom stereocenters. The molecule has 0 atom stereocenters. The Morgan fingerprint density at radius 2 is 1.67 bits per heavy atom. The van der Waals surface area contributed by atoms with Gasteiger partial charge in [0, 0.05) is 5.39 Å². The van der Waals surface area contributed by atoms with Crippen molar-refractivity contribution in [2.45, 2.75) is 0 Å². The van der Waals surface area contributed by atoms with Gasteiger partial charge in [-0.25, -0.2) is 4.98 Å². The van der Waals surface area contributed by atoms with Crippen molar-refractivity contribution in [2.24, 2.45) is 0 Å². The summed E-state index contributed by atoms with van der Waals surface area (Å²) in [5, 5.41) is 1.17. The average Bonchev–Trinajstić information content (AvgIpc) is 2.46. The molecule has 1 nitrogen and oxygen atoms in total. The molecule has 0 spiro atoms. The number of rotatable bonds is 2. The Kier molecular flexibility index (Phi) is 2.89. The molecule has 1 heterocycles. The highest BCUT2D eigenvalue weighted by molar-refractivity contribution is 5.80. The minimum Gasteiger partial charge on any atom is -0.248 e. The van der Waals surface area contributed by atoms with Crippen molar-refractivity contribution in [1.29, 1.82) is 0 Å². The van der Waals surface area contributed by atoms with Crippen LogP contribution in [0.25, 0.3) is 23.1 Å². The second-order valence-corrected chi connectivity index (χ2v) is 4.10. The first-order chi connectivity index (χ1) is 8.92. The van der Waals surface area contributed by atoms with Gasteiger partial charge in [-0.15, -0.1) is 0 Å². The maximum Gasteiger partial charge on any atom is 0.0709 e. The SMILES string of the molecule is [c]1ccc(C=Cc2ccc3ccccc3n2)cc1. The van der Waals surface area contributed by atoms with Gasteiger partial charge in [0.15, 0.2) is 0 Å². The third kappa shape index (κ3) is 2.30. The Morgan fingerprint density at radius 1 is 0.833 bits per heavy atom. The second kappa shape index (κ2) is 4.84. The van der Waals surface area contributed by atoms with Gasteiger partial charge < -0.3 is 0 Å². The van der Waals surface area contributed by atoms with Gasteiger partial charge in [0.1, 0.15) is 0 Å². The number of pyridine rings is 1. The predicted molar refractivity (Wildman–Crippen MR) is 75.9 cm³/mol. The largest absolute Gasteiger partial charge is 0.248 e. The highest BCUT2D eigenvalue weighted by atomic mass is 14.7. The van der Waals surface area contributed by atoms with E-state index >= 15 is 0 Å². The van der Waals surface area contributed by atoms with E-state index in [1.54, 1.807) is 0 Å². The Bertz CT molecular complexity index is 684. The normalized spacial score (nSPS) is 11.1. The summed E-state index contributed by atoms with van der Waals surface area (Å²) in [5.74, 6) is 0. The van der Waals surface area contributed by atoms with Crippen LogP contribution in [-0.2, 0) is 0 Å². The van der Waals surface area contributed by atoms with Crippen LogP contribution < -0.4 is 0 Å². The van der Waals surface area contributed by atoms with E-state index in [2.05, 4.69) is 29.3 Å². The van der Waals surface area contributed by atoms with Gasteiger partial charge in [0.25, 0.3) is 0 Å². The van der Waals surface area contributed by atoms with Crippen molar-refractivity contribution in [3.8, 4) is 0 Å². The molecule has 2 aromatic carbocycles. The first-order valence-corrected chi connectivity index (χ1v) is 5.92. The predicted octanol–water partition coefficient (Wildman–Crippen LogP) is 4.21. The topological polar surface area (TPSA) is 12.9 Å². The second-order valence-electron chi connectivity index (χ2n) is 4.10. The smallest absolute Gasteiger partial charge is 0.0709 e. The summed E-state index contributed by atoms with van der Waals surface area (Å²) in [6.45, 7) is 0. The molecule has 18 heavy (non-hydrogen) atoms. The summed E-state index contributed by atoms with van der Waals surface area (Å²) in [6.07, 6.45) is 4.09. The lowest BCUT2D eigenvalue weighted by molar-refractivity contribution is 1.37. The maximum atomic E-state index is 4.60. The minimum atomic E-state index is 0.974. The van der Waals surface area contributed by atoms with Crippen LogP contribution in [0.15, 0.2) is 60.7 Å². The molecule has 0 amide bonds. The highest BCUT2D eigenvalue weighted by Gasteiger charge is 1.94. The molecule has 3 aromatic rings. The van der Waals surface area contributed by atoms with Gasteiger partial charge in [-0.3, -0.25) is 0 Å².